The van der Waals surface area contributed by atoms with Crippen LogP contribution in [0, 0.1) is 0 Å². The number of unbranched alkanes of at least 4 members (excludes halogenated alkanes) is 2. The Labute approximate surface area is 141 Å². The number of hydrogen-bond donors (Lipinski definition) is 1. The molecule has 0 saturated heterocycles. The first-order valence-electron chi connectivity index (χ1n) is 8.34. The minimum atomic E-state index is 0.109. The molecule has 5 nitrogen and oxygen atoms in total. The summed E-state index contributed by atoms with van der Waals surface area (Å²) < 4.78 is 5.70. The molecule has 124 valence electrons. The number of hydrogen-bond acceptors (Lipinski definition) is 4. The molecule has 1 N–H and O–H groups in total. The SMILES string of the molecule is CCCCCC(=O)NCc1ccc(-c2nc3ncccc3o2)cc1. The van der Waals surface area contributed by atoms with Crippen molar-refractivity contribution in [3.63, 3.8) is 0 Å². The van der Waals surface area contributed by atoms with Gasteiger partial charge in [-0.15, -0.1) is 0 Å². The Balaban J connectivity index is 1.60. The average molecular weight is 323 g/mol. The molecular weight excluding hydrogens is 302 g/mol. The zero-order valence-corrected chi connectivity index (χ0v) is 13.8. The Hall–Kier alpha value is -2.69. The van der Waals surface area contributed by atoms with Crippen molar-refractivity contribution < 1.29 is 9.21 Å². The highest BCUT2D eigenvalue weighted by Gasteiger charge is 2.08. The summed E-state index contributed by atoms with van der Waals surface area (Å²) in [6, 6.07) is 11.5. The second kappa shape index (κ2) is 7.73. The molecule has 0 saturated carbocycles. The van der Waals surface area contributed by atoms with E-state index in [0.717, 1.165) is 30.4 Å². The van der Waals surface area contributed by atoms with Crippen LogP contribution in [0.4, 0.5) is 0 Å². The van der Waals surface area contributed by atoms with Gasteiger partial charge in [-0.25, -0.2) is 4.98 Å². The Morgan fingerprint density at radius 2 is 2.00 bits per heavy atom. The molecule has 3 aromatic rings. The van der Waals surface area contributed by atoms with Gasteiger partial charge in [0.25, 0.3) is 0 Å². The minimum absolute atomic E-state index is 0.109. The number of nitrogens with zero attached hydrogens (tertiary/aromatic N) is 2. The average Bonchev–Trinajstić information content (AvgIpc) is 3.05. The lowest BCUT2D eigenvalue weighted by atomic mass is 10.1. The third-order valence-corrected chi connectivity index (χ3v) is 3.86. The molecule has 1 amide bonds. The van der Waals surface area contributed by atoms with Gasteiger partial charge in [0.2, 0.25) is 11.8 Å². The zero-order chi connectivity index (χ0) is 16.8. The van der Waals surface area contributed by atoms with Crippen molar-refractivity contribution in [3.8, 4) is 11.5 Å². The number of nitrogens with one attached hydrogen (secondary N) is 1. The molecule has 2 heterocycles. The molecule has 0 radical (unpaired) electrons. The van der Waals surface area contributed by atoms with Crippen LogP contribution in [0.3, 0.4) is 0 Å². The maximum atomic E-state index is 11.7. The fourth-order valence-corrected chi connectivity index (χ4v) is 2.48. The fraction of sp³-hybridized carbons (Fsp3) is 0.316. The normalized spacial score (nSPS) is 10.9. The smallest absolute Gasteiger partial charge is 0.228 e. The van der Waals surface area contributed by atoms with E-state index in [1.54, 1.807) is 6.20 Å². The number of benzene rings is 1. The number of rotatable bonds is 7. The molecule has 0 aliphatic carbocycles. The number of oxazole rings is 1. The lowest BCUT2D eigenvalue weighted by Crippen LogP contribution is -2.22. The molecule has 3 rings (SSSR count). The first-order valence-corrected chi connectivity index (χ1v) is 8.34. The Morgan fingerprint density at radius 1 is 1.17 bits per heavy atom. The van der Waals surface area contributed by atoms with Gasteiger partial charge in [0.15, 0.2) is 11.2 Å². The van der Waals surface area contributed by atoms with Crippen LogP contribution in [0.15, 0.2) is 47.0 Å². The van der Waals surface area contributed by atoms with E-state index in [4.69, 9.17) is 4.42 Å². The first kappa shape index (κ1) is 16.2. The van der Waals surface area contributed by atoms with E-state index in [2.05, 4.69) is 22.2 Å². The predicted molar refractivity (Wildman–Crippen MR) is 93.2 cm³/mol. The van der Waals surface area contributed by atoms with Gasteiger partial charge < -0.3 is 9.73 Å². The predicted octanol–water partition coefficient (Wildman–Crippen LogP) is 4.09. The van der Waals surface area contributed by atoms with Crippen molar-refractivity contribution >= 4 is 17.1 Å². The Morgan fingerprint density at radius 3 is 2.75 bits per heavy atom. The summed E-state index contributed by atoms with van der Waals surface area (Å²) >= 11 is 0. The topological polar surface area (TPSA) is 68.0 Å². The van der Waals surface area contributed by atoms with Crippen LogP contribution in [-0.2, 0) is 11.3 Å². The highest BCUT2D eigenvalue weighted by atomic mass is 16.3. The van der Waals surface area contributed by atoms with Crippen LogP contribution in [0.1, 0.15) is 38.2 Å². The van der Waals surface area contributed by atoms with Crippen molar-refractivity contribution in [1.82, 2.24) is 15.3 Å². The second-order valence-electron chi connectivity index (χ2n) is 5.77. The molecular formula is C19H21N3O2. The number of pyridine rings is 1. The van der Waals surface area contributed by atoms with Crippen molar-refractivity contribution in [2.75, 3.05) is 0 Å². The van der Waals surface area contributed by atoms with E-state index in [9.17, 15) is 4.79 Å². The maximum absolute atomic E-state index is 11.7. The summed E-state index contributed by atoms with van der Waals surface area (Å²) in [5.74, 6) is 0.663. The van der Waals surface area contributed by atoms with E-state index in [1.807, 2.05) is 36.4 Å². The quantitative estimate of drug-likeness (QED) is 0.665. The zero-order valence-electron chi connectivity index (χ0n) is 13.8. The van der Waals surface area contributed by atoms with Crippen molar-refractivity contribution in [2.24, 2.45) is 0 Å². The summed E-state index contributed by atoms with van der Waals surface area (Å²) in [5.41, 5.74) is 3.23. The molecule has 1 aromatic carbocycles. The monoisotopic (exact) mass is 323 g/mol. The molecule has 0 aliphatic heterocycles. The number of carbonyl (C=O) groups is 1. The summed E-state index contributed by atoms with van der Waals surface area (Å²) in [6.45, 7) is 2.67. The lowest BCUT2D eigenvalue weighted by molar-refractivity contribution is -0.121. The number of aromatic nitrogens is 2. The molecule has 0 bridgehead atoms. The van der Waals surface area contributed by atoms with Gasteiger partial charge in [0, 0.05) is 24.7 Å². The molecule has 0 aliphatic rings. The Bertz CT molecular complexity index is 776. The van der Waals surface area contributed by atoms with E-state index in [1.165, 1.54) is 0 Å². The maximum Gasteiger partial charge on any atom is 0.228 e. The van der Waals surface area contributed by atoms with Gasteiger partial charge in [0.1, 0.15) is 0 Å². The lowest BCUT2D eigenvalue weighted by Gasteiger charge is -2.05. The molecule has 0 fully saturated rings. The molecule has 0 unspecified atom stereocenters. The standard InChI is InChI=1S/C19H21N3O2/c1-2-3-4-7-17(23)21-13-14-8-10-15(11-9-14)19-22-18-16(24-19)6-5-12-20-18/h5-6,8-12H,2-4,7,13H2,1H3,(H,21,23). The first-order chi connectivity index (χ1) is 11.8. The summed E-state index contributed by atoms with van der Waals surface area (Å²) in [6.07, 6.45) is 5.47. The Kier molecular flexibility index (Phi) is 5.21. The fourth-order valence-electron chi connectivity index (χ4n) is 2.48. The molecule has 5 heteroatoms. The van der Waals surface area contributed by atoms with Gasteiger partial charge in [-0.05, 0) is 36.2 Å². The number of fused-ring (bicyclic) bond motifs is 1. The van der Waals surface area contributed by atoms with Gasteiger partial charge in [-0.3, -0.25) is 4.79 Å². The van der Waals surface area contributed by atoms with E-state index in [-0.39, 0.29) is 5.91 Å². The van der Waals surface area contributed by atoms with Gasteiger partial charge >= 0.3 is 0 Å². The van der Waals surface area contributed by atoms with Crippen LogP contribution < -0.4 is 5.32 Å². The van der Waals surface area contributed by atoms with E-state index in [0.29, 0.717) is 30.1 Å². The molecule has 0 atom stereocenters. The van der Waals surface area contributed by atoms with Crippen molar-refractivity contribution in [1.29, 1.82) is 0 Å². The summed E-state index contributed by atoms with van der Waals surface area (Å²) in [4.78, 5) is 20.3. The van der Waals surface area contributed by atoms with E-state index < -0.39 is 0 Å². The van der Waals surface area contributed by atoms with E-state index >= 15 is 0 Å². The molecule has 0 spiro atoms. The molecule has 24 heavy (non-hydrogen) atoms. The third-order valence-electron chi connectivity index (χ3n) is 3.86. The van der Waals surface area contributed by atoms with Crippen LogP contribution in [0.5, 0.6) is 0 Å². The van der Waals surface area contributed by atoms with Gasteiger partial charge in [-0.1, -0.05) is 31.9 Å². The van der Waals surface area contributed by atoms with Crippen LogP contribution in [-0.4, -0.2) is 15.9 Å². The van der Waals surface area contributed by atoms with Crippen LogP contribution >= 0.6 is 0 Å². The largest absolute Gasteiger partial charge is 0.434 e. The third kappa shape index (κ3) is 3.98. The number of amides is 1. The number of carbonyl (C=O) groups excluding carboxylic acids is 1. The van der Waals surface area contributed by atoms with Crippen LogP contribution in [0.25, 0.3) is 22.7 Å². The highest BCUT2D eigenvalue weighted by Crippen LogP contribution is 2.23. The van der Waals surface area contributed by atoms with Gasteiger partial charge in [0.05, 0.1) is 0 Å². The van der Waals surface area contributed by atoms with Crippen molar-refractivity contribution in [3.05, 3.63) is 48.2 Å². The minimum Gasteiger partial charge on any atom is -0.434 e. The van der Waals surface area contributed by atoms with Crippen LogP contribution in [0.2, 0.25) is 0 Å². The molecule has 2 aromatic heterocycles. The summed E-state index contributed by atoms with van der Waals surface area (Å²) in [7, 11) is 0. The second-order valence-corrected chi connectivity index (χ2v) is 5.77. The van der Waals surface area contributed by atoms with Crippen molar-refractivity contribution in [2.45, 2.75) is 39.2 Å². The summed E-state index contributed by atoms with van der Waals surface area (Å²) in [5, 5.41) is 2.95. The highest BCUT2D eigenvalue weighted by molar-refractivity contribution is 5.76. The van der Waals surface area contributed by atoms with Gasteiger partial charge in [-0.2, -0.15) is 4.98 Å².